The van der Waals surface area contributed by atoms with Crippen molar-refractivity contribution in [2.75, 3.05) is 28.7 Å². The van der Waals surface area contributed by atoms with E-state index in [4.69, 9.17) is 9.47 Å². The molecule has 3 amide bonds. The molecule has 1 aliphatic rings. The molecule has 0 radical (unpaired) electrons. The number of nitrogens with zero attached hydrogens (tertiary/aromatic N) is 2. The lowest BCUT2D eigenvalue weighted by atomic mass is 10.0. The van der Waals surface area contributed by atoms with Crippen LogP contribution in [-0.4, -0.2) is 52.6 Å². The summed E-state index contributed by atoms with van der Waals surface area (Å²) in [7, 11) is 0. The van der Waals surface area contributed by atoms with Gasteiger partial charge >= 0.3 is 12.2 Å². The summed E-state index contributed by atoms with van der Waals surface area (Å²) in [6.07, 6.45) is 1.36. The molecule has 11 nitrogen and oxygen atoms in total. The number of nitrogens with one attached hydrogen (secondary N) is 3. The van der Waals surface area contributed by atoms with Crippen LogP contribution < -0.4 is 15.5 Å². The number of carbonyl (C=O) groups is 4. The number of H-pyrrole nitrogens is 1. The summed E-state index contributed by atoms with van der Waals surface area (Å²) < 4.78 is 24.3. The summed E-state index contributed by atoms with van der Waals surface area (Å²) in [4.78, 5) is 60.2. The first-order chi connectivity index (χ1) is 21.0. The van der Waals surface area contributed by atoms with E-state index in [1.165, 1.54) is 35.2 Å². The van der Waals surface area contributed by atoms with Crippen LogP contribution in [0.2, 0.25) is 0 Å². The highest BCUT2D eigenvalue weighted by molar-refractivity contribution is 6.13. The molecule has 3 N–H and O–H groups in total. The summed E-state index contributed by atoms with van der Waals surface area (Å²) >= 11 is 0. The van der Waals surface area contributed by atoms with E-state index in [2.05, 4.69) is 20.6 Å². The Bertz CT molecular complexity index is 1710. The number of benzene rings is 3. The van der Waals surface area contributed by atoms with Gasteiger partial charge in [-0.1, -0.05) is 30.3 Å². The SMILES string of the molecule is CC(C)(C)OC(=O)Nc1cc(N2CCOC2=O)c(-c2ccc(F)cc2)cc1NC(=O)CC(=O)c1cccc(-c2ncc[nH]2)c1. The predicted octanol–water partition coefficient (Wildman–Crippen LogP) is 6.40. The Labute approximate surface area is 252 Å². The molecular formula is C32H30FN5O6. The quantitative estimate of drug-likeness (QED) is 0.157. The Kier molecular flexibility index (Phi) is 8.43. The van der Waals surface area contributed by atoms with Crippen LogP contribution in [0.4, 0.5) is 31.0 Å². The first kappa shape index (κ1) is 30.0. The molecule has 1 fully saturated rings. The molecule has 44 heavy (non-hydrogen) atoms. The van der Waals surface area contributed by atoms with Gasteiger partial charge in [-0.2, -0.15) is 0 Å². The molecule has 5 rings (SSSR count). The maximum atomic E-state index is 13.8. The minimum Gasteiger partial charge on any atom is -0.447 e. The van der Waals surface area contributed by atoms with E-state index in [9.17, 15) is 23.6 Å². The van der Waals surface area contributed by atoms with E-state index < -0.39 is 41.7 Å². The second kappa shape index (κ2) is 12.4. The van der Waals surface area contributed by atoms with E-state index in [0.29, 0.717) is 33.8 Å². The van der Waals surface area contributed by atoms with Crippen molar-refractivity contribution in [3.05, 3.63) is 84.4 Å². The highest BCUT2D eigenvalue weighted by Crippen LogP contribution is 2.40. The van der Waals surface area contributed by atoms with Crippen molar-refractivity contribution in [3.8, 4) is 22.5 Å². The largest absolute Gasteiger partial charge is 0.447 e. The monoisotopic (exact) mass is 599 g/mol. The zero-order valence-corrected chi connectivity index (χ0v) is 24.3. The zero-order chi connectivity index (χ0) is 31.4. The van der Waals surface area contributed by atoms with Gasteiger partial charge in [0.2, 0.25) is 5.91 Å². The van der Waals surface area contributed by atoms with Crippen LogP contribution in [0.1, 0.15) is 37.6 Å². The highest BCUT2D eigenvalue weighted by Gasteiger charge is 2.29. The minimum atomic E-state index is -0.820. The molecular weight excluding hydrogens is 569 g/mol. The first-order valence-corrected chi connectivity index (χ1v) is 13.8. The number of amides is 3. The van der Waals surface area contributed by atoms with E-state index in [-0.39, 0.29) is 24.5 Å². The number of rotatable bonds is 8. The second-order valence-corrected chi connectivity index (χ2v) is 11.0. The number of aromatic amines is 1. The molecule has 0 bridgehead atoms. The van der Waals surface area contributed by atoms with Gasteiger partial charge in [-0.3, -0.25) is 19.8 Å². The summed E-state index contributed by atoms with van der Waals surface area (Å²) in [6.45, 7) is 5.48. The van der Waals surface area contributed by atoms with Crippen LogP contribution in [0.3, 0.4) is 0 Å². The number of aromatic nitrogens is 2. The predicted molar refractivity (Wildman–Crippen MR) is 162 cm³/mol. The number of carbonyl (C=O) groups excluding carboxylic acids is 4. The smallest absolute Gasteiger partial charge is 0.414 e. The molecule has 12 heteroatoms. The number of halogens is 1. The number of Topliss-reactive ketones (excluding diaryl/α,β-unsaturated/α-hetero) is 1. The van der Waals surface area contributed by atoms with Crippen molar-refractivity contribution in [2.24, 2.45) is 0 Å². The van der Waals surface area contributed by atoms with Crippen molar-refractivity contribution in [3.63, 3.8) is 0 Å². The first-order valence-electron chi connectivity index (χ1n) is 13.8. The maximum absolute atomic E-state index is 13.8. The normalized spacial score (nSPS) is 12.9. The molecule has 0 atom stereocenters. The molecule has 0 saturated carbocycles. The molecule has 2 heterocycles. The molecule has 0 aliphatic carbocycles. The number of cyclic esters (lactones) is 1. The van der Waals surface area contributed by atoms with Crippen molar-refractivity contribution >= 4 is 40.9 Å². The summed E-state index contributed by atoms with van der Waals surface area (Å²) in [5.74, 6) is -0.962. The Morgan fingerprint density at radius 2 is 1.77 bits per heavy atom. The van der Waals surface area contributed by atoms with Crippen LogP contribution >= 0.6 is 0 Å². The van der Waals surface area contributed by atoms with E-state index in [0.717, 1.165) is 0 Å². The van der Waals surface area contributed by atoms with Gasteiger partial charge < -0.3 is 19.8 Å². The number of ether oxygens (including phenoxy) is 2. The third-order valence-corrected chi connectivity index (χ3v) is 6.53. The summed E-state index contributed by atoms with van der Waals surface area (Å²) in [6, 6.07) is 15.4. The number of hydrogen-bond donors (Lipinski definition) is 3. The van der Waals surface area contributed by atoms with Crippen molar-refractivity contribution in [1.82, 2.24) is 9.97 Å². The average Bonchev–Trinajstić information content (AvgIpc) is 3.65. The van der Waals surface area contributed by atoms with Gasteiger partial charge in [0.15, 0.2) is 5.78 Å². The molecule has 1 aliphatic heterocycles. The lowest BCUT2D eigenvalue weighted by molar-refractivity contribution is -0.115. The van der Waals surface area contributed by atoms with Gasteiger partial charge in [-0.15, -0.1) is 0 Å². The van der Waals surface area contributed by atoms with Crippen molar-refractivity contribution < 1.29 is 33.0 Å². The zero-order valence-electron chi connectivity index (χ0n) is 24.3. The Hall–Kier alpha value is -5.52. The van der Waals surface area contributed by atoms with Gasteiger partial charge in [-0.25, -0.2) is 19.0 Å². The molecule has 0 spiro atoms. The van der Waals surface area contributed by atoms with Gasteiger partial charge in [-0.05, 0) is 56.7 Å². The number of imidazole rings is 1. The van der Waals surface area contributed by atoms with Crippen LogP contribution in [0.5, 0.6) is 0 Å². The lowest BCUT2D eigenvalue weighted by Crippen LogP contribution is -2.28. The summed E-state index contributed by atoms with van der Waals surface area (Å²) in [5, 5.41) is 5.35. The number of anilines is 3. The molecule has 3 aromatic carbocycles. The Morgan fingerprint density at radius 3 is 2.43 bits per heavy atom. The third kappa shape index (κ3) is 7.09. The van der Waals surface area contributed by atoms with Gasteiger partial charge in [0.25, 0.3) is 0 Å². The molecule has 0 unspecified atom stereocenters. The Balaban J connectivity index is 1.49. The fourth-order valence-electron chi connectivity index (χ4n) is 4.61. The van der Waals surface area contributed by atoms with Crippen molar-refractivity contribution in [1.29, 1.82) is 0 Å². The van der Waals surface area contributed by atoms with E-state index >= 15 is 0 Å². The second-order valence-electron chi connectivity index (χ2n) is 11.0. The van der Waals surface area contributed by atoms with Crippen LogP contribution in [-0.2, 0) is 14.3 Å². The topological polar surface area (TPSA) is 143 Å². The maximum Gasteiger partial charge on any atom is 0.414 e. The number of hydrogen-bond acceptors (Lipinski definition) is 7. The van der Waals surface area contributed by atoms with Gasteiger partial charge in [0, 0.05) is 29.1 Å². The lowest BCUT2D eigenvalue weighted by Gasteiger charge is -2.24. The molecule has 1 aromatic heterocycles. The van der Waals surface area contributed by atoms with Crippen molar-refractivity contribution in [2.45, 2.75) is 32.8 Å². The molecule has 4 aromatic rings. The van der Waals surface area contributed by atoms with Crippen LogP contribution in [0, 0.1) is 5.82 Å². The molecule has 1 saturated heterocycles. The third-order valence-electron chi connectivity index (χ3n) is 6.53. The van der Waals surface area contributed by atoms with Crippen LogP contribution in [0.25, 0.3) is 22.5 Å². The minimum absolute atomic E-state index is 0.112. The summed E-state index contributed by atoms with van der Waals surface area (Å²) in [5.41, 5.74) is 1.77. The highest BCUT2D eigenvalue weighted by atomic mass is 19.1. The van der Waals surface area contributed by atoms with Crippen LogP contribution in [0.15, 0.2) is 73.1 Å². The van der Waals surface area contributed by atoms with Gasteiger partial charge in [0.05, 0.1) is 30.0 Å². The van der Waals surface area contributed by atoms with Gasteiger partial charge in [0.1, 0.15) is 23.8 Å². The average molecular weight is 600 g/mol. The number of ketones is 1. The van der Waals surface area contributed by atoms with E-state index in [1.54, 1.807) is 63.5 Å². The standard InChI is InChI=1S/C32H30FN5O6/c1-32(2,3)44-30(41)37-25-17-26(38-13-14-43-31(38)42)23(19-7-9-22(33)10-8-19)16-24(25)36-28(40)18-27(39)20-5-4-6-21(15-20)29-34-11-12-35-29/h4-12,15-17H,13-14,18H2,1-3H3,(H,34,35)(H,36,40)(H,37,41). The Morgan fingerprint density at radius 1 is 1.02 bits per heavy atom. The molecule has 226 valence electrons. The fourth-order valence-corrected chi connectivity index (χ4v) is 4.61. The fraction of sp³-hybridized carbons (Fsp3) is 0.219. The van der Waals surface area contributed by atoms with E-state index in [1.807, 2.05) is 0 Å².